The second kappa shape index (κ2) is 7.20. The Morgan fingerprint density at radius 3 is 2.35 bits per heavy atom. The molecule has 17 heavy (non-hydrogen) atoms. The van der Waals surface area contributed by atoms with Gasteiger partial charge in [-0.15, -0.1) is 0 Å². The summed E-state index contributed by atoms with van der Waals surface area (Å²) >= 11 is 1.35. The van der Waals surface area contributed by atoms with Crippen molar-refractivity contribution in [1.82, 2.24) is 4.72 Å². The van der Waals surface area contributed by atoms with Gasteiger partial charge in [0.25, 0.3) is 0 Å². The molecule has 0 bridgehead atoms. The van der Waals surface area contributed by atoms with E-state index in [1.54, 1.807) is 13.2 Å². The number of nitrogens with one attached hydrogen (secondary N) is 1. The minimum absolute atomic E-state index is 0.141. The first-order valence-corrected chi connectivity index (χ1v) is 7.86. The van der Waals surface area contributed by atoms with Gasteiger partial charge in [-0.05, 0) is 20.1 Å². The van der Waals surface area contributed by atoms with E-state index in [1.807, 2.05) is 0 Å². The van der Waals surface area contributed by atoms with E-state index in [4.69, 9.17) is 5.11 Å². The molecular weight excluding hydrogens is 266 g/mol. The normalized spacial score (nSPS) is 17.2. The molecule has 0 radical (unpaired) electrons. The summed E-state index contributed by atoms with van der Waals surface area (Å²) in [6.45, 7) is 2.75. The lowest BCUT2D eigenvalue weighted by Crippen LogP contribution is -2.46. The van der Waals surface area contributed by atoms with Crippen LogP contribution >= 0.6 is 11.8 Å². The molecule has 3 atom stereocenters. The molecule has 0 aromatic heterocycles. The molecule has 0 fully saturated rings. The second-order valence-corrected chi connectivity index (χ2v) is 6.68. The van der Waals surface area contributed by atoms with Crippen LogP contribution < -0.4 is 4.72 Å². The van der Waals surface area contributed by atoms with Gasteiger partial charge in [0.2, 0.25) is 10.0 Å². The molecule has 0 aromatic rings. The number of thioether (sulfide) groups is 1. The smallest absolute Gasteiger partial charge is 0.325 e. The van der Waals surface area contributed by atoms with Gasteiger partial charge in [0.1, 0.15) is 0 Å². The maximum Gasteiger partial charge on any atom is 0.325 e. The third kappa shape index (κ3) is 4.82. The highest BCUT2D eigenvalue weighted by Crippen LogP contribution is 2.12. The molecule has 0 saturated carbocycles. The van der Waals surface area contributed by atoms with Crippen molar-refractivity contribution in [2.75, 3.05) is 20.0 Å². The van der Waals surface area contributed by atoms with Gasteiger partial charge in [-0.1, -0.05) is 0 Å². The summed E-state index contributed by atoms with van der Waals surface area (Å²) in [6, 6.07) is -0.466. The van der Waals surface area contributed by atoms with Crippen LogP contribution in [0.1, 0.15) is 13.8 Å². The Balaban J connectivity index is 4.70. The summed E-state index contributed by atoms with van der Waals surface area (Å²) in [5, 5.41) is 7.52. The molecule has 6 nitrogen and oxygen atoms in total. The molecule has 0 aromatic carbocycles. The van der Waals surface area contributed by atoms with Crippen molar-refractivity contribution in [3.63, 3.8) is 0 Å². The van der Waals surface area contributed by atoms with Crippen LogP contribution in [0.15, 0.2) is 0 Å². The molecule has 0 heterocycles. The number of hydrogen-bond acceptors (Lipinski definition) is 6. The van der Waals surface area contributed by atoms with E-state index in [2.05, 4.69) is 9.46 Å². The summed E-state index contributed by atoms with van der Waals surface area (Å²) in [7, 11) is -2.65. The monoisotopic (exact) mass is 285 g/mol. The predicted molar refractivity (Wildman–Crippen MR) is 67.4 cm³/mol. The number of carbonyl (C=O) groups excluding carboxylic acids is 1. The first kappa shape index (κ1) is 16.7. The highest BCUT2D eigenvalue weighted by atomic mass is 32.2. The van der Waals surface area contributed by atoms with E-state index in [-0.39, 0.29) is 11.9 Å². The van der Waals surface area contributed by atoms with E-state index >= 15 is 0 Å². The summed E-state index contributed by atoms with van der Waals surface area (Å²) < 4.78 is 30.3. The average Bonchev–Trinajstić information content (AvgIpc) is 2.27. The van der Waals surface area contributed by atoms with E-state index in [9.17, 15) is 13.2 Å². The van der Waals surface area contributed by atoms with Crippen LogP contribution in [-0.4, -0.2) is 56.0 Å². The Labute approximate surface area is 106 Å². The maximum atomic E-state index is 11.8. The largest absolute Gasteiger partial charge is 0.468 e. The molecular formula is C9H19NO5S2. The number of hydrogen-bond donors (Lipinski definition) is 2. The van der Waals surface area contributed by atoms with Crippen molar-refractivity contribution in [2.24, 2.45) is 0 Å². The minimum Gasteiger partial charge on any atom is -0.468 e. The second-order valence-electron chi connectivity index (χ2n) is 3.57. The molecule has 0 aliphatic carbocycles. The van der Waals surface area contributed by atoms with Crippen molar-refractivity contribution in [3.05, 3.63) is 0 Å². The number of esters is 1. The Kier molecular flexibility index (Phi) is 7.07. The van der Waals surface area contributed by atoms with Gasteiger partial charge in [0, 0.05) is 11.3 Å². The maximum absolute atomic E-state index is 11.8. The Morgan fingerprint density at radius 2 is 2.00 bits per heavy atom. The summed E-state index contributed by atoms with van der Waals surface area (Å²) in [5.41, 5.74) is 0. The zero-order chi connectivity index (χ0) is 13.6. The number of methoxy groups -OCH3 is 1. The van der Waals surface area contributed by atoms with Crippen LogP contribution in [0.3, 0.4) is 0 Å². The molecule has 8 heteroatoms. The van der Waals surface area contributed by atoms with Gasteiger partial charge >= 0.3 is 5.97 Å². The van der Waals surface area contributed by atoms with Gasteiger partial charge in [-0.2, -0.15) is 11.8 Å². The first-order valence-electron chi connectivity index (χ1n) is 5.02. The highest BCUT2D eigenvalue weighted by molar-refractivity contribution is 7.99. The van der Waals surface area contributed by atoms with Crippen LogP contribution in [0, 0.1) is 0 Å². The lowest BCUT2D eigenvalue weighted by atomic mass is 10.3. The topological polar surface area (TPSA) is 92.7 Å². The molecule has 2 N–H and O–H groups in total. The lowest BCUT2D eigenvalue weighted by molar-refractivity contribution is -0.139. The molecule has 0 amide bonds. The van der Waals surface area contributed by atoms with Crippen LogP contribution in [0.2, 0.25) is 0 Å². The number of carbonyl (C=O) groups is 1. The molecule has 0 aliphatic rings. The third-order valence-corrected chi connectivity index (χ3v) is 5.38. The highest BCUT2D eigenvalue weighted by Gasteiger charge is 2.31. The first-order chi connectivity index (χ1) is 7.80. The fraction of sp³-hybridized carbons (Fsp3) is 0.889. The van der Waals surface area contributed by atoms with E-state index in [0.717, 1.165) is 7.11 Å². The van der Waals surface area contributed by atoms with Crippen molar-refractivity contribution < 1.29 is 23.1 Å². The van der Waals surface area contributed by atoms with Crippen molar-refractivity contribution in [1.29, 1.82) is 0 Å². The zero-order valence-electron chi connectivity index (χ0n) is 10.3. The fourth-order valence-corrected chi connectivity index (χ4v) is 3.11. The van der Waals surface area contributed by atoms with E-state index in [0.29, 0.717) is 0 Å². The zero-order valence-corrected chi connectivity index (χ0v) is 12.0. The van der Waals surface area contributed by atoms with Crippen LogP contribution in [0.4, 0.5) is 0 Å². The van der Waals surface area contributed by atoms with Crippen LogP contribution in [-0.2, 0) is 19.6 Å². The standard InChI is InChI=1S/C9H19NO5S2/c1-6(8(5-11)16-4)10-17(13,14)7(2)9(12)15-3/h6-8,10-11H,5H2,1-4H3. The van der Waals surface area contributed by atoms with Gasteiger partial charge < -0.3 is 9.84 Å². The molecule has 3 unspecified atom stereocenters. The molecule has 0 saturated heterocycles. The van der Waals surface area contributed by atoms with E-state index < -0.39 is 27.3 Å². The predicted octanol–water partition coefficient (Wildman–Crippen LogP) is -0.420. The van der Waals surface area contributed by atoms with E-state index in [1.165, 1.54) is 18.7 Å². The quantitative estimate of drug-likeness (QED) is 0.617. The van der Waals surface area contributed by atoms with Gasteiger partial charge in [0.05, 0.1) is 13.7 Å². The van der Waals surface area contributed by atoms with Crippen molar-refractivity contribution >= 4 is 27.8 Å². The van der Waals surface area contributed by atoms with Gasteiger partial charge in [0.15, 0.2) is 5.25 Å². The van der Waals surface area contributed by atoms with Crippen LogP contribution in [0.25, 0.3) is 0 Å². The van der Waals surface area contributed by atoms with Crippen LogP contribution in [0.5, 0.6) is 0 Å². The molecule has 0 aliphatic heterocycles. The fourth-order valence-electron chi connectivity index (χ4n) is 1.17. The third-order valence-electron chi connectivity index (χ3n) is 2.39. The number of aliphatic hydroxyl groups excluding tert-OH is 1. The molecule has 102 valence electrons. The Bertz CT molecular complexity index is 339. The Morgan fingerprint density at radius 1 is 1.47 bits per heavy atom. The summed E-state index contributed by atoms with van der Waals surface area (Å²) in [4.78, 5) is 11.2. The molecule has 0 rings (SSSR count). The average molecular weight is 285 g/mol. The number of sulfonamides is 1. The number of rotatable bonds is 7. The Hall–Kier alpha value is -0.310. The summed E-state index contributed by atoms with van der Waals surface area (Å²) in [6.07, 6.45) is 1.77. The number of ether oxygens (including phenoxy) is 1. The van der Waals surface area contributed by atoms with Gasteiger partial charge in [-0.25, -0.2) is 13.1 Å². The van der Waals surface area contributed by atoms with Gasteiger partial charge in [-0.3, -0.25) is 4.79 Å². The SMILES string of the molecule is COC(=O)C(C)S(=O)(=O)NC(C)C(CO)SC. The summed E-state index contributed by atoms with van der Waals surface area (Å²) in [5.74, 6) is -0.811. The number of aliphatic hydroxyl groups is 1. The van der Waals surface area contributed by atoms with Crippen molar-refractivity contribution in [2.45, 2.75) is 30.4 Å². The minimum atomic E-state index is -3.79. The van der Waals surface area contributed by atoms with Crippen molar-refractivity contribution in [3.8, 4) is 0 Å². The molecule has 0 spiro atoms. The lowest BCUT2D eigenvalue weighted by Gasteiger charge is -2.22.